The second-order valence-corrected chi connectivity index (χ2v) is 6.61. The fraction of sp³-hybridized carbons (Fsp3) is 0.278. The molecule has 0 spiro atoms. The summed E-state index contributed by atoms with van der Waals surface area (Å²) in [5.41, 5.74) is 2.05. The number of likely N-dealkylation sites (N-methyl/N-ethyl adjacent to an activating group) is 1. The van der Waals surface area contributed by atoms with Crippen LogP contribution in [0.1, 0.15) is 0 Å². The Hall–Kier alpha value is -2.33. The van der Waals surface area contributed by atoms with E-state index in [1.807, 2.05) is 64.0 Å². The number of fused-ring (bicyclic) bond motifs is 1. The first-order valence-electron chi connectivity index (χ1n) is 7.54. The van der Waals surface area contributed by atoms with Crippen molar-refractivity contribution in [3.63, 3.8) is 0 Å². The van der Waals surface area contributed by atoms with Gasteiger partial charge in [0.15, 0.2) is 0 Å². The largest absolute Gasteiger partial charge is 0.329 e. The van der Waals surface area contributed by atoms with Crippen molar-refractivity contribution in [2.75, 3.05) is 27.7 Å². The monoisotopic (exact) mass is 296 g/mol. The Balaban J connectivity index is 2.21. The normalized spacial score (nSPS) is 12.0. The van der Waals surface area contributed by atoms with Gasteiger partial charge in [-0.1, -0.05) is 30.3 Å². The Morgan fingerprint density at radius 2 is 1.55 bits per heavy atom. The van der Waals surface area contributed by atoms with Crippen LogP contribution in [-0.2, 0) is 6.54 Å². The number of para-hydroxylation sites is 2. The molecule has 1 aromatic heterocycles. The SMILES string of the molecule is C[N+](C)(C)CCn1c(=O)c2ccccc2n1-c1ccccc1. The molecule has 0 fully saturated rings. The van der Waals surface area contributed by atoms with E-state index in [1.165, 1.54) is 0 Å². The molecule has 114 valence electrons. The van der Waals surface area contributed by atoms with Gasteiger partial charge in [-0.2, -0.15) is 0 Å². The molecule has 4 nitrogen and oxygen atoms in total. The number of hydrogen-bond acceptors (Lipinski definition) is 1. The summed E-state index contributed by atoms with van der Waals surface area (Å²) >= 11 is 0. The summed E-state index contributed by atoms with van der Waals surface area (Å²) in [7, 11) is 6.42. The van der Waals surface area contributed by atoms with E-state index in [-0.39, 0.29) is 5.56 Å². The van der Waals surface area contributed by atoms with Crippen molar-refractivity contribution in [3.05, 3.63) is 65.0 Å². The first-order chi connectivity index (χ1) is 10.5. The van der Waals surface area contributed by atoms with Crippen molar-refractivity contribution >= 4 is 10.9 Å². The van der Waals surface area contributed by atoms with Gasteiger partial charge in [0.25, 0.3) is 5.56 Å². The smallest absolute Gasteiger partial charge is 0.275 e. The number of rotatable bonds is 4. The molecule has 3 aromatic rings. The number of quaternary nitrogens is 1. The van der Waals surface area contributed by atoms with E-state index in [1.54, 1.807) is 0 Å². The molecule has 2 aromatic carbocycles. The van der Waals surface area contributed by atoms with Crippen LogP contribution in [0.25, 0.3) is 16.6 Å². The Morgan fingerprint density at radius 3 is 2.23 bits per heavy atom. The van der Waals surface area contributed by atoms with Crippen molar-refractivity contribution in [3.8, 4) is 5.69 Å². The molecule has 4 heteroatoms. The van der Waals surface area contributed by atoms with E-state index < -0.39 is 0 Å². The van der Waals surface area contributed by atoms with Crippen LogP contribution in [0.4, 0.5) is 0 Å². The highest BCUT2D eigenvalue weighted by Crippen LogP contribution is 2.17. The minimum atomic E-state index is 0.0768. The summed E-state index contributed by atoms with van der Waals surface area (Å²) in [5.74, 6) is 0. The molecule has 3 rings (SSSR count). The molecular formula is C18H22N3O+. The summed E-state index contributed by atoms with van der Waals surface area (Å²) in [6, 6.07) is 17.9. The zero-order valence-corrected chi connectivity index (χ0v) is 13.4. The summed E-state index contributed by atoms with van der Waals surface area (Å²) < 4.78 is 4.71. The Bertz CT molecular complexity index is 838. The van der Waals surface area contributed by atoms with Gasteiger partial charge in [0.2, 0.25) is 0 Å². The van der Waals surface area contributed by atoms with E-state index in [4.69, 9.17) is 0 Å². The maximum absolute atomic E-state index is 12.8. The number of hydrogen-bond donors (Lipinski definition) is 0. The molecular weight excluding hydrogens is 274 g/mol. The molecule has 0 saturated heterocycles. The van der Waals surface area contributed by atoms with Crippen LogP contribution >= 0.6 is 0 Å². The summed E-state index contributed by atoms with van der Waals surface area (Å²) in [6.07, 6.45) is 0. The topological polar surface area (TPSA) is 26.9 Å². The predicted molar refractivity (Wildman–Crippen MR) is 90.4 cm³/mol. The highest BCUT2D eigenvalue weighted by atomic mass is 16.1. The standard InChI is InChI=1S/C18H22N3O/c1-21(2,3)14-13-19-18(22)16-11-7-8-12-17(16)20(19)15-9-5-4-6-10-15/h4-12H,13-14H2,1-3H3/q+1. The molecule has 0 unspecified atom stereocenters. The first kappa shape index (κ1) is 14.6. The number of benzene rings is 2. The summed E-state index contributed by atoms with van der Waals surface area (Å²) in [5, 5.41) is 0.771. The third kappa shape index (κ3) is 2.70. The van der Waals surface area contributed by atoms with Crippen LogP contribution in [0.2, 0.25) is 0 Å². The fourth-order valence-corrected chi connectivity index (χ4v) is 2.64. The van der Waals surface area contributed by atoms with Crippen LogP contribution in [0.15, 0.2) is 59.4 Å². The van der Waals surface area contributed by atoms with Crippen molar-refractivity contribution in [1.82, 2.24) is 9.36 Å². The zero-order valence-electron chi connectivity index (χ0n) is 13.4. The lowest BCUT2D eigenvalue weighted by Gasteiger charge is -2.24. The molecule has 0 N–H and O–H groups in total. The third-order valence-corrected chi connectivity index (χ3v) is 3.82. The van der Waals surface area contributed by atoms with E-state index >= 15 is 0 Å². The van der Waals surface area contributed by atoms with Crippen molar-refractivity contribution in [2.24, 2.45) is 0 Å². The minimum absolute atomic E-state index is 0.0768. The third-order valence-electron chi connectivity index (χ3n) is 3.82. The maximum atomic E-state index is 12.8. The second kappa shape index (κ2) is 5.46. The quantitative estimate of drug-likeness (QED) is 0.680. The highest BCUT2D eigenvalue weighted by molar-refractivity contribution is 5.80. The fourth-order valence-electron chi connectivity index (χ4n) is 2.64. The Morgan fingerprint density at radius 1 is 0.909 bits per heavy atom. The van der Waals surface area contributed by atoms with Gasteiger partial charge < -0.3 is 4.48 Å². The van der Waals surface area contributed by atoms with Crippen molar-refractivity contribution in [1.29, 1.82) is 0 Å². The lowest BCUT2D eigenvalue weighted by Crippen LogP contribution is -2.39. The van der Waals surface area contributed by atoms with Crippen molar-refractivity contribution in [2.45, 2.75) is 6.54 Å². The van der Waals surface area contributed by atoms with Gasteiger partial charge >= 0.3 is 0 Å². The molecule has 0 atom stereocenters. The molecule has 0 aliphatic carbocycles. The van der Waals surface area contributed by atoms with Gasteiger partial charge in [-0.25, -0.2) is 9.36 Å². The lowest BCUT2D eigenvalue weighted by molar-refractivity contribution is -0.871. The molecule has 22 heavy (non-hydrogen) atoms. The molecule has 0 aliphatic heterocycles. The molecule has 1 heterocycles. The van der Waals surface area contributed by atoms with Crippen LogP contribution in [0.3, 0.4) is 0 Å². The van der Waals surface area contributed by atoms with Crippen molar-refractivity contribution < 1.29 is 4.48 Å². The number of nitrogens with zero attached hydrogens (tertiary/aromatic N) is 3. The van der Waals surface area contributed by atoms with Gasteiger partial charge in [0.05, 0.1) is 50.8 Å². The molecule has 0 saturated carbocycles. The van der Waals surface area contributed by atoms with Gasteiger partial charge in [0, 0.05) is 0 Å². The van der Waals surface area contributed by atoms with E-state index in [0.29, 0.717) is 6.54 Å². The summed E-state index contributed by atoms with van der Waals surface area (Å²) in [6.45, 7) is 1.58. The van der Waals surface area contributed by atoms with Crippen LogP contribution in [-0.4, -0.2) is 41.5 Å². The van der Waals surface area contributed by atoms with Gasteiger partial charge in [-0.3, -0.25) is 4.79 Å². The summed E-state index contributed by atoms with van der Waals surface area (Å²) in [4.78, 5) is 12.8. The molecule has 0 amide bonds. The first-order valence-corrected chi connectivity index (χ1v) is 7.54. The van der Waals surface area contributed by atoms with E-state index in [9.17, 15) is 4.79 Å². The molecule has 0 aliphatic rings. The minimum Gasteiger partial charge on any atom is -0.329 e. The molecule has 0 bridgehead atoms. The van der Waals surface area contributed by atoms with Crippen LogP contribution in [0, 0.1) is 0 Å². The van der Waals surface area contributed by atoms with Gasteiger partial charge in [-0.05, 0) is 24.3 Å². The van der Waals surface area contributed by atoms with Gasteiger partial charge in [-0.15, -0.1) is 0 Å². The van der Waals surface area contributed by atoms with Gasteiger partial charge in [0.1, 0.15) is 0 Å². The Labute approximate surface area is 130 Å². The van der Waals surface area contributed by atoms with Crippen LogP contribution < -0.4 is 5.56 Å². The lowest BCUT2D eigenvalue weighted by atomic mass is 10.2. The zero-order chi connectivity index (χ0) is 15.7. The van der Waals surface area contributed by atoms with Crippen LogP contribution in [0.5, 0.6) is 0 Å². The van der Waals surface area contributed by atoms with E-state index in [2.05, 4.69) is 21.1 Å². The highest BCUT2D eigenvalue weighted by Gasteiger charge is 2.16. The molecule has 0 radical (unpaired) electrons. The second-order valence-electron chi connectivity index (χ2n) is 6.61. The maximum Gasteiger partial charge on any atom is 0.275 e. The average molecular weight is 296 g/mol. The Kier molecular flexibility index (Phi) is 3.62. The average Bonchev–Trinajstić information content (AvgIpc) is 2.78. The predicted octanol–water partition coefficient (Wildman–Crippen LogP) is 2.50. The van der Waals surface area contributed by atoms with E-state index in [0.717, 1.165) is 27.6 Å². The number of aromatic nitrogens is 2.